The van der Waals surface area contributed by atoms with Gasteiger partial charge >= 0.3 is 0 Å². The molecule has 2 atom stereocenters. The number of hydrogen-bond acceptors (Lipinski definition) is 5. The monoisotopic (exact) mass is 474 g/mol. The molecule has 9 heteroatoms. The van der Waals surface area contributed by atoms with E-state index in [9.17, 15) is 9.18 Å². The lowest BCUT2D eigenvalue weighted by Crippen LogP contribution is -2.28. The van der Waals surface area contributed by atoms with Crippen LogP contribution in [-0.4, -0.2) is 39.1 Å². The largest absolute Gasteiger partial charge is 0.376 e. The molecule has 2 heterocycles. The molecule has 4 rings (SSSR count). The SMILES string of the molecule is CC(NC(=O)CSc1nnc(-c2ccc(F)cc2)n1CC1CCCO1)c1ccccc1Cl. The molecule has 32 heavy (non-hydrogen) atoms. The first-order valence-electron chi connectivity index (χ1n) is 10.5. The van der Waals surface area contributed by atoms with Crippen molar-refractivity contribution in [2.24, 2.45) is 0 Å². The second kappa shape index (κ2) is 10.5. The van der Waals surface area contributed by atoms with Crippen molar-refractivity contribution in [2.75, 3.05) is 12.4 Å². The van der Waals surface area contributed by atoms with E-state index in [0.717, 1.165) is 30.6 Å². The van der Waals surface area contributed by atoms with Gasteiger partial charge in [-0.3, -0.25) is 9.36 Å². The van der Waals surface area contributed by atoms with Crippen LogP contribution in [0.2, 0.25) is 5.02 Å². The van der Waals surface area contributed by atoms with Crippen molar-refractivity contribution in [3.8, 4) is 11.4 Å². The van der Waals surface area contributed by atoms with Crippen LogP contribution in [0.25, 0.3) is 11.4 Å². The van der Waals surface area contributed by atoms with Crippen LogP contribution >= 0.6 is 23.4 Å². The molecule has 0 bridgehead atoms. The van der Waals surface area contributed by atoms with Crippen molar-refractivity contribution in [2.45, 2.75) is 43.6 Å². The van der Waals surface area contributed by atoms with Crippen molar-refractivity contribution < 1.29 is 13.9 Å². The topological polar surface area (TPSA) is 69.0 Å². The van der Waals surface area contributed by atoms with Crippen LogP contribution in [0.15, 0.2) is 53.7 Å². The Labute approximate surface area is 195 Å². The van der Waals surface area contributed by atoms with E-state index in [0.29, 0.717) is 22.5 Å². The number of aromatic nitrogens is 3. The maximum atomic E-state index is 13.4. The van der Waals surface area contributed by atoms with Crippen molar-refractivity contribution in [3.63, 3.8) is 0 Å². The van der Waals surface area contributed by atoms with Gasteiger partial charge in [-0.15, -0.1) is 10.2 Å². The minimum atomic E-state index is -0.308. The van der Waals surface area contributed by atoms with Gasteiger partial charge in [0.2, 0.25) is 5.91 Å². The zero-order valence-corrected chi connectivity index (χ0v) is 19.2. The van der Waals surface area contributed by atoms with Crippen LogP contribution in [-0.2, 0) is 16.1 Å². The summed E-state index contributed by atoms with van der Waals surface area (Å²) in [5.74, 6) is 0.380. The third kappa shape index (κ3) is 5.49. The fourth-order valence-corrected chi connectivity index (χ4v) is 4.74. The van der Waals surface area contributed by atoms with Gasteiger partial charge in [0.25, 0.3) is 0 Å². The minimum Gasteiger partial charge on any atom is -0.376 e. The van der Waals surface area contributed by atoms with Crippen LogP contribution in [0.1, 0.15) is 31.4 Å². The smallest absolute Gasteiger partial charge is 0.230 e. The molecule has 3 aromatic rings. The number of ether oxygens (including phenoxy) is 1. The average Bonchev–Trinajstić information content (AvgIpc) is 3.44. The summed E-state index contributed by atoms with van der Waals surface area (Å²) >= 11 is 7.55. The highest BCUT2D eigenvalue weighted by molar-refractivity contribution is 7.99. The molecule has 1 aliphatic heterocycles. The van der Waals surface area contributed by atoms with E-state index in [1.165, 1.54) is 23.9 Å². The molecule has 0 radical (unpaired) electrons. The Balaban J connectivity index is 1.47. The van der Waals surface area contributed by atoms with Crippen LogP contribution in [0, 0.1) is 5.82 Å². The van der Waals surface area contributed by atoms with Crippen LogP contribution in [0.3, 0.4) is 0 Å². The Morgan fingerprint density at radius 3 is 2.78 bits per heavy atom. The second-order valence-electron chi connectivity index (χ2n) is 7.66. The number of thioether (sulfide) groups is 1. The molecular formula is C23H24ClFN4O2S. The van der Waals surface area contributed by atoms with Crippen molar-refractivity contribution in [1.82, 2.24) is 20.1 Å². The number of rotatable bonds is 8. The summed E-state index contributed by atoms with van der Waals surface area (Å²) in [4.78, 5) is 12.6. The molecule has 2 unspecified atom stereocenters. The van der Waals surface area contributed by atoms with Gasteiger partial charge in [0, 0.05) is 17.2 Å². The maximum Gasteiger partial charge on any atom is 0.230 e. The van der Waals surface area contributed by atoms with Crippen LogP contribution in [0.5, 0.6) is 0 Å². The molecule has 0 aliphatic carbocycles. The Morgan fingerprint density at radius 2 is 2.06 bits per heavy atom. The molecule has 1 aromatic heterocycles. The van der Waals surface area contributed by atoms with Crippen molar-refractivity contribution in [3.05, 3.63) is 64.9 Å². The first-order chi connectivity index (χ1) is 15.5. The first kappa shape index (κ1) is 22.8. The molecule has 2 aromatic carbocycles. The Kier molecular flexibility index (Phi) is 7.44. The molecule has 1 N–H and O–H groups in total. The summed E-state index contributed by atoms with van der Waals surface area (Å²) in [6.45, 7) is 3.22. The number of nitrogens with one attached hydrogen (secondary N) is 1. The van der Waals surface area contributed by atoms with Gasteiger partial charge < -0.3 is 10.1 Å². The molecule has 1 saturated heterocycles. The number of carbonyl (C=O) groups is 1. The molecule has 1 amide bonds. The van der Waals surface area contributed by atoms with Gasteiger partial charge in [-0.05, 0) is 55.7 Å². The highest BCUT2D eigenvalue weighted by Gasteiger charge is 2.22. The minimum absolute atomic E-state index is 0.0682. The number of halogens is 2. The predicted molar refractivity (Wildman–Crippen MR) is 123 cm³/mol. The summed E-state index contributed by atoms with van der Waals surface area (Å²) in [5.41, 5.74) is 1.63. The number of nitrogens with zero attached hydrogens (tertiary/aromatic N) is 3. The van der Waals surface area contributed by atoms with Gasteiger partial charge in [-0.25, -0.2) is 4.39 Å². The zero-order valence-electron chi connectivity index (χ0n) is 17.6. The van der Waals surface area contributed by atoms with E-state index in [4.69, 9.17) is 16.3 Å². The average molecular weight is 475 g/mol. The Bertz CT molecular complexity index is 1070. The summed E-state index contributed by atoms with van der Waals surface area (Å²) in [6, 6.07) is 13.4. The molecule has 1 fully saturated rings. The van der Waals surface area contributed by atoms with Crippen LogP contribution in [0.4, 0.5) is 4.39 Å². The normalized spacial score (nSPS) is 16.8. The van der Waals surface area contributed by atoms with Gasteiger partial charge in [0.1, 0.15) is 5.82 Å². The van der Waals surface area contributed by atoms with Crippen molar-refractivity contribution >= 4 is 29.3 Å². The summed E-state index contributed by atoms with van der Waals surface area (Å²) in [5, 5.41) is 12.8. The third-order valence-electron chi connectivity index (χ3n) is 5.31. The Morgan fingerprint density at radius 1 is 1.28 bits per heavy atom. The summed E-state index contributed by atoms with van der Waals surface area (Å²) in [6.07, 6.45) is 2.04. The maximum absolute atomic E-state index is 13.4. The molecule has 0 saturated carbocycles. The van der Waals surface area contributed by atoms with E-state index in [1.54, 1.807) is 18.2 Å². The predicted octanol–water partition coefficient (Wildman–Crippen LogP) is 4.89. The fraction of sp³-hybridized carbons (Fsp3) is 0.348. The number of benzene rings is 2. The number of carbonyl (C=O) groups excluding carboxylic acids is 1. The summed E-state index contributed by atoms with van der Waals surface area (Å²) < 4.78 is 21.1. The number of amides is 1. The lowest BCUT2D eigenvalue weighted by atomic mass is 10.1. The van der Waals surface area contributed by atoms with Gasteiger partial charge in [0.15, 0.2) is 11.0 Å². The second-order valence-corrected chi connectivity index (χ2v) is 9.01. The molecule has 0 spiro atoms. The Hall–Kier alpha value is -2.42. The van der Waals surface area contributed by atoms with E-state index >= 15 is 0 Å². The zero-order chi connectivity index (χ0) is 22.5. The van der Waals surface area contributed by atoms with E-state index in [2.05, 4.69) is 15.5 Å². The standard InChI is InChI=1S/C23H24ClFN4O2S/c1-15(19-6-2-3-7-20(19)24)26-21(30)14-32-23-28-27-22(16-8-10-17(25)11-9-16)29(23)13-18-5-4-12-31-18/h2-3,6-11,15,18H,4-5,12-14H2,1H3,(H,26,30). The first-order valence-corrected chi connectivity index (χ1v) is 11.8. The summed E-state index contributed by atoms with van der Waals surface area (Å²) in [7, 11) is 0. The molecule has 6 nitrogen and oxygen atoms in total. The van der Waals surface area contributed by atoms with E-state index in [1.807, 2.05) is 29.7 Å². The fourth-order valence-electron chi connectivity index (χ4n) is 3.68. The third-order valence-corrected chi connectivity index (χ3v) is 6.62. The lowest BCUT2D eigenvalue weighted by Gasteiger charge is -2.16. The van der Waals surface area contributed by atoms with Gasteiger partial charge in [-0.2, -0.15) is 0 Å². The van der Waals surface area contributed by atoms with Crippen molar-refractivity contribution in [1.29, 1.82) is 0 Å². The molecule has 1 aliphatic rings. The van der Waals surface area contributed by atoms with E-state index in [-0.39, 0.29) is 29.6 Å². The molecular weight excluding hydrogens is 451 g/mol. The molecule has 168 valence electrons. The number of hydrogen-bond donors (Lipinski definition) is 1. The highest BCUT2D eigenvalue weighted by Crippen LogP contribution is 2.27. The van der Waals surface area contributed by atoms with E-state index < -0.39 is 0 Å². The van der Waals surface area contributed by atoms with Gasteiger partial charge in [0.05, 0.1) is 24.4 Å². The van der Waals surface area contributed by atoms with Gasteiger partial charge in [-0.1, -0.05) is 41.6 Å². The highest BCUT2D eigenvalue weighted by atomic mass is 35.5. The quantitative estimate of drug-likeness (QED) is 0.471. The van der Waals surface area contributed by atoms with Crippen LogP contribution < -0.4 is 5.32 Å². The lowest BCUT2D eigenvalue weighted by molar-refractivity contribution is -0.119.